The third-order valence-electron chi connectivity index (χ3n) is 6.24. The Labute approximate surface area is 182 Å². The molecule has 0 spiro atoms. The maximum Gasteiger partial charge on any atom is 0.139 e. The summed E-state index contributed by atoms with van der Waals surface area (Å²) in [7, 11) is 2.23. The molecule has 4 heteroatoms. The van der Waals surface area contributed by atoms with Crippen LogP contribution >= 0.6 is 15.9 Å². The van der Waals surface area contributed by atoms with Crippen LogP contribution in [0.2, 0.25) is 0 Å². The van der Waals surface area contributed by atoms with Gasteiger partial charge in [0.2, 0.25) is 0 Å². The van der Waals surface area contributed by atoms with E-state index < -0.39 is 0 Å². The number of fused-ring (bicyclic) bond motifs is 1. The van der Waals surface area contributed by atoms with E-state index in [1.807, 2.05) is 0 Å². The van der Waals surface area contributed by atoms with Crippen molar-refractivity contribution in [1.82, 2.24) is 14.9 Å². The van der Waals surface area contributed by atoms with Crippen molar-refractivity contribution in [2.24, 2.45) is 0 Å². The Morgan fingerprint density at radius 3 is 2.52 bits per heavy atom. The maximum absolute atomic E-state index is 4.88. The quantitative estimate of drug-likeness (QED) is 0.465. The zero-order valence-electron chi connectivity index (χ0n) is 17.6. The first kappa shape index (κ1) is 20.4. The lowest BCUT2D eigenvalue weighted by molar-refractivity contribution is 0.211. The predicted molar refractivity (Wildman–Crippen MR) is 124 cm³/mol. The number of imidazole rings is 1. The summed E-state index contributed by atoms with van der Waals surface area (Å²) in [5, 5.41) is 0. The molecule has 0 saturated heterocycles. The Bertz CT molecular complexity index is 969. The van der Waals surface area contributed by atoms with E-state index in [1.54, 1.807) is 0 Å². The van der Waals surface area contributed by atoms with E-state index in [0.29, 0.717) is 6.04 Å². The number of aryl methyl sites for hydroxylation is 3. The Balaban J connectivity index is 1.62. The summed E-state index contributed by atoms with van der Waals surface area (Å²) in [6.45, 7) is 5.28. The zero-order chi connectivity index (χ0) is 20.4. The number of hydrogen-bond donors (Lipinski definition) is 1. The molecule has 0 aliphatic heterocycles. The van der Waals surface area contributed by atoms with Gasteiger partial charge in [0, 0.05) is 18.2 Å². The second-order valence-electron chi connectivity index (χ2n) is 8.04. The van der Waals surface area contributed by atoms with Crippen LogP contribution in [0.15, 0.2) is 47.1 Å². The molecular weight excluding hydrogens is 422 g/mol. The highest BCUT2D eigenvalue weighted by molar-refractivity contribution is 9.10. The van der Waals surface area contributed by atoms with Crippen molar-refractivity contribution in [3.8, 4) is 11.4 Å². The van der Waals surface area contributed by atoms with Crippen LogP contribution in [0.25, 0.3) is 11.4 Å². The van der Waals surface area contributed by atoms with Crippen LogP contribution in [0.5, 0.6) is 0 Å². The van der Waals surface area contributed by atoms with Crippen molar-refractivity contribution in [3.05, 3.63) is 75.0 Å². The molecule has 1 aliphatic rings. The van der Waals surface area contributed by atoms with Crippen LogP contribution in [0, 0.1) is 0 Å². The van der Waals surface area contributed by atoms with Gasteiger partial charge < -0.3 is 4.98 Å². The fourth-order valence-electron chi connectivity index (χ4n) is 4.70. The maximum atomic E-state index is 4.88. The van der Waals surface area contributed by atoms with Gasteiger partial charge in [0.05, 0.1) is 5.69 Å². The standard InChI is InChI=1S/C25H30BrN3/c1-4-17-11-8-12-18(5-2)23(17)25-27-21(24(26)28-25)16-29(3)22-15-9-13-19-10-6-7-14-20(19)22/h6-8,10-12,14,22H,4-5,9,13,15-16H2,1-3H3,(H,27,28). The monoisotopic (exact) mass is 451 g/mol. The number of nitrogens with zero attached hydrogens (tertiary/aromatic N) is 2. The Morgan fingerprint density at radius 1 is 1.07 bits per heavy atom. The van der Waals surface area contributed by atoms with Crippen molar-refractivity contribution in [3.63, 3.8) is 0 Å². The lowest BCUT2D eigenvalue weighted by atomic mass is 9.87. The average molecular weight is 452 g/mol. The van der Waals surface area contributed by atoms with Crippen LogP contribution in [-0.4, -0.2) is 21.9 Å². The molecule has 1 aromatic heterocycles. The molecule has 1 aliphatic carbocycles. The minimum Gasteiger partial charge on any atom is -0.340 e. The number of benzene rings is 2. The van der Waals surface area contributed by atoms with Gasteiger partial charge in [-0.3, -0.25) is 4.90 Å². The minimum absolute atomic E-state index is 0.465. The van der Waals surface area contributed by atoms with Gasteiger partial charge in [-0.1, -0.05) is 56.3 Å². The highest BCUT2D eigenvalue weighted by Gasteiger charge is 2.25. The van der Waals surface area contributed by atoms with E-state index >= 15 is 0 Å². The first-order chi connectivity index (χ1) is 14.1. The van der Waals surface area contributed by atoms with Crippen LogP contribution in [0.1, 0.15) is 60.7 Å². The second kappa shape index (κ2) is 8.85. The summed E-state index contributed by atoms with van der Waals surface area (Å²) in [6.07, 6.45) is 5.69. The first-order valence-corrected chi connectivity index (χ1v) is 11.5. The van der Waals surface area contributed by atoms with Crippen LogP contribution < -0.4 is 0 Å². The van der Waals surface area contributed by atoms with Gasteiger partial charge in [0.1, 0.15) is 10.4 Å². The third-order valence-corrected chi connectivity index (χ3v) is 6.90. The van der Waals surface area contributed by atoms with Crippen LogP contribution in [-0.2, 0) is 25.8 Å². The zero-order valence-corrected chi connectivity index (χ0v) is 19.2. The highest BCUT2D eigenvalue weighted by Crippen LogP contribution is 2.35. The van der Waals surface area contributed by atoms with E-state index in [4.69, 9.17) is 4.98 Å². The fraction of sp³-hybridized carbons (Fsp3) is 0.400. The molecule has 0 bridgehead atoms. The summed E-state index contributed by atoms with van der Waals surface area (Å²) in [6, 6.07) is 16.0. The smallest absolute Gasteiger partial charge is 0.139 e. The number of nitrogens with one attached hydrogen (secondary N) is 1. The predicted octanol–water partition coefficient (Wildman–Crippen LogP) is 6.47. The summed E-state index contributed by atoms with van der Waals surface area (Å²) in [5.41, 5.74) is 8.12. The van der Waals surface area contributed by atoms with E-state index in [0.717, 1.165) is 35.5 Å². The van der Waals surface area contributed by atoms with Crippen molar-refractivity contribution < 1.29 is 0 Å². The molecular formula is C25H30BrN3. The van der Waals surface area contributed by atoms with Gasteiger partial charge in [-0.2, -0.15) is 0 Å². The molecule has 4 rings (SSSR count). The third kappa shape index (κ3) is 4.06. The largest absolute Gasteiger partial charge is 0.340 e. The van der Waals surface area contributed by atoms with Gasteiger partial charge in [0.25, 0.3) is 0 Å². The lowest BCUT2D eigenvalue weighted by Crippen LogP contribution is -2.27. The number of aromatic nitrogens is 2. The van der Waals surface area contributed by atoms with E-state index in [9.17, 15) is 0 Å². The average Bonchev–Trinajstić information content (AvgIpc) is 3.12. The highest BCUT2D eigenvalue weighted by atomic mass is 79.9. The van der Waals surface area contributed by atoms with Gasteiger partial charge in [-0.15, -0.1) is 0 Å². The molecule has 152 valence electrons. The summed E-state index contributed by atoms with van der Waals surface area (Å²) in [4.78, 5) is 11.0. The molecule has 3 nitrogen and oxygen atoms in total. The molecule has 2 aromatic carbocycles. The molecule has 3 aromatic rings. The summed E-state index contributed by atoms with van der Waals surface area (Å²) in [5.74, 6) is 0.985. The van der Waals surface area contributed by atoms with E-state index in [-0.39, 0.29) is 0 Å². The number of rotatable bonds is 6. The second-order valence-corrected chi connectivity index (χ2v) is 8.79. The van der Waals surface area contributed by atoms with Crippen molar-refractivity contribution in [2.75, 3.05) is 7.05 Å². The van der Waals surface area contributed by atoms with E-state index in [1.165, 1.54) is 47.1 Å². The van der Waals surface area contributed by atoms with Gasteiger partial charge >= 0.3 is 0 Å². The topological polar surface area (TPSA) is 31.9 Å². The normalized spacial score (nSPS) is 16.2. The summed E-state index contributed by atoms with van der Waals surface area (Å²) < 4.78 is 0.927. The molecule has 1 unspecified atom stereocenters. The lowest BCUT2D eigenvalue weighted by Gasteiger charge is -2.33. The number of H-pyrrole nitrogens is 1. The molecule has 0 saturated carbocycles. The molecule has 0 fully saturated rings. The Kier molecular flexibility index (Phi) is 6.21. The van der Waals surface area contributed by atoms with Gasteiger partial charge in [-0.25, -0.2) is 4.98 Å². The van der Waals surface area contributed by atoms with E-state index in [2.05, 4.69) is 89.2 Å². The SMILES string of the molecule is CCc1cccc(CC)c1-c1nc(Br)c(CN(C)C2CCCc3ccccc32)[nH]1. The number of hydrogen-bond acceptors (Lipinski definition) is 2. The van der Waals surface area contributed by atoms with Gasteiger partial charge in [0.15, 0.2) is 0 Å². The summed E-state index contributed by atoms with van der Waals surface area (Å²) >= 11 is 3.72. The van der Waals surface area contributed by atoms with Crippen LogP contribution in [0.3, 0.4) is 0 Å². The van der Waals surface area contributed by atoms with Crippen molar-refractivity contribution in [2.45, 2.75) is 58.5 Å². The Morgan fingerprint density at radius 2 is 1.79 bits per heavy atom. The molecule has 1 N–H and O–H groups in total. The van der Waals surface area contributed by atoms with Crippen molar-refractivity contribution >= 4 is 15.9 Å². The fourth-order valence-corrected chi connectivity index (χ4v) is 5.11. The molecule has 1 atom stereocenters. The first-order valence-electron chi connectivity index (χ1n) is 10.8. The van der Waals surface area contributed by atoms with Gasteiger partial charge in [-0.05, 0) is 77.3 Å². The number of halogens is 1. The molecule has 0 radical (unpaired) electrons. The molecule has 29 heavy (non-hydrogen) atoms. The van der Waals surface area contributed by atoms with Crippen molar-refractivity contribution in [1.29, 1.82) is 0 Å². The molecule has 1 heterocycles. The van der Waals surface area contributed by atoms with Crippen LogP contribution in [0.4, 0.5) is 0 Å². The minimum atomic E-state index is 0.465. The molecule has 0 amide bonds. The number of aromatic amines is 1. The Hall–Kier alpha value is -1.91.